The number of piperazine rings is 1. The summed E-state index contributed by atoms with van der Waals surface area (Å²) in [5, 5.41) is 0. The van der Waals surface area contributed by atoms with Crippen molar-refractivity contribution in [2.75, 3.05) is 32.8 Å². The number of hydrogen-bond donors (Lipinski definition) is 0. The SMILES string of the molecule is CCOc1ccc(CC(=O)N2CCN(C(=O)CCc3ccc(C)cc3)CC2)cc1. The highest BCUT2D eigenvalue weighted by Gasteiger charge is 2.23. The smallest absolute Gasteiger partial charge is 0.227 e. The number of hydrogen-bond acceptors (Lipinski definition) is 3. The third-order valence-corrected chi connectivity index (χ3v) is 5.32. The molecule has 2 aromatic carbocycles. The van der Waals surface area contributed by atoms with Gasteiger partial charge < -0.3 is 14.5 Å². The Labute approximate surface area is 173 Å². The van der Waals surface area contributed by atoms with Gasteiger partial charge in [0.25, 0.3) is 0 Å². The third-order valence-electron chi connectivity index (χ3n) is 5.32. The molecule has 29 heavy (non-hydrogen) atoms. The molecule has 0 atom stereocenters. The Morgan fingerprint density at radius 2 is 1.38 bits per heavy atom. The lowest BCUT2D eigenvalue weighted by atomic mass is 10.1. The number of carbonyl (C=O) groups is 2. The predicted octanol–water partition coefficient (Wildman–Crippen LogP) is 3.24. The van der Waals surface area contributed by atoms with Gasteiger partial charge in [0.15, 0.2) is 0 Å². The van der Waals surface area contributed by atoms with E-state index in [9.17, 15) is 9.59 Å². The van der Waals surface area contributed by atoms with E-state index >= 15 is 0 Å². The first kappa shape index (κ1) is 20.9. The van der Waals surface area contributed by atoms with Crippen LogP contribution in [0, 0.1) is 6.92 Å². The molecule has 1 fully saturated rings. The van der Waals surface area contributed by atoms with Gasteiger partial charge in [-0.15, -0.1) is 0 Å². The van der Waals surface area contributed by atoms with Crippen LogP contribution in [-0.4, -0.2) is 54.4 Å². The van der Waals surface area contributed by atoms with E-state index in [2.05, 4.69) is 31.2 Å². The third kappa shape index (κ3) is 6.08. The minimum absolute atomic E-state index is 0.112. The Kier molecular flexibility index (Phi) is 7.28. The summed E-state index contributed by atoms with van der Waals surface area (Å²) in [5.74, 6) is 1.10. The highest BCUT2D eigenvalue weighted by atomic mass is 16.5. The largest absolute Gasteiger partial charge is 0.494 e. The second-order valence-corrected chi connectivity index (χ2v) is 7.50. The zero-order valence-corrected chi connectivity index (χ0v) is 17.4. The van der Waals surface area contributed by atoms with Gasteiger partial charge in [0.2, 0.25) is 11.8 Å². The average Bonchev–Trinajstić information content (AvgIpc) is 2.75. The van der Waals surface area contributed by atoms with Crippen LogP contribution in [0.2, 0.25) is 0 Å². The second-order valence-electron chi connectivity index (χ2n) is 7.50. The number of rotatable bonds is 7. The molecular formula is C24H30N2O3. The molecule has 0 aromatic heterocycles. The molecule has 0 spiro atoms. The van der Waals surface area contributed by atoms with Crippen molar-refractivity contribution in [3.8, 4) is 5.75 Å². The van der Waals surface area contributed by atoms with E-state index < -0.39 is 0 Å². The van der Waals surface area contributed by atoms with Crippen molar-refractivity contribution in [3.05, 3.63) is 65.2 Å². The van der Waals surface area contributed by atoms with Crippen LogP contribution in [0.5, 0.6) is 5.75 Å². The van der Waals surface area contributed by atoms with E-state index in [-0.39, 0.29) is 11.8 Å². The molecule has 0 bridgehead atoms. The van der Waals surface area contributed by atoms with Crippen molar-refractivity contribution < 1.29 is 14.3 Å². The Bertz CT molecular complexity index is 807. The lowest BCUT2D eigenvalue weighted by Gasteiger charge is -2.35. The van der Waals surface area contributed by atoms with Crippen LogP contribution >= 0.6 is 0 Å². The predicted molar refractivity (Wildman–Crippen MR) is 114 cm³/mol. The fourth-order valence-electron chi connectivity index (χ4n) is 3.53. The molecule has 1 saturated heterocycles. The van der Waals surface area contributed by atoms with E-state index in [1.807, 2.05) is 41.0 Å². The van der Waals surface area contributed by atoms with Crippen molar-refractivity contribution in [1.82, 2.24) is 9.80 Å². The zero-order chi connectivity index (χ0) is 20.6. The molecular weight excluding hydrogens is 364 g/mol. The van der Waals surface area contributed by atoms with Crippen molar-refractivity contribution in [2.24, 2.45) is 0 Å². The lowest BCUT2D eigenvalue weighted by molar-refractivity contribution is -0.139. The molecule has 0 saturated carbocycles. The summed E-state index contributed by atoms with van der Waals surface area (Å²) in [6.07, 6.45) is 1.66. The monoisotopic (exact) mass is 394 g/mol. The summed E-state index contributed by atoms with van der Waals surface area (Å²) in [6.45, 7) is 7.07. The topological polar surface area (TPSA) is 49.9 Å². The van der Waals surface area contributed by atoms with E-state index in [0.29, 0.717) is 45.6 Å². The fourth-order valence-corrected chi connectivity index (χ4v) is 3.53. The van der Waals surface area contributed by atoms with Crippen LogP contribution in [0.1, 0.15) is 30.0 Å². The van der Waals surface area contributed by atoms with Gasteiger partial charge in [-0.2, -0.15) is 0 Å². The van der Waals surface area contributed by atoms with Crippen LogP contribution in [0.25, 0.3) is 0 Å². The van der Waals surface area contributed by atoms with Gasteiger partial charge in [0.05, 0.1) is 13.0 Å². The summed E-state index contributed by atoms with van der Waals surface area (Å²) in [7, 11) is 0. The van der Waals surface area contributed by atoms with E-state index in [1.165, 1.54) is 11.1 Å². The maximum absolute atomic E-state index is 12.6. The van der Waals surface area contributed by atoms with Crippen LogP contribution in [0.3, 0.4) is 0 Å². The molecule has 5 nitrogen and oxygen atoms in total. The number of benzene rings is 2. The molecule has 1 heterocycles. The highest BCUT2D eigenvalue weighted by molar-refractivity contribution is 5.80. The molecule has 0 N–H and O–H groups in total. The van der Waals surface area contributed by atoms with Crippen molar-refractivity contribution in [1.29, 1.82) is 0 Å². The van der Waals surface area contributed by atoms with Gasteiger partial charge >= 0.3 is 0 Å². The molecule has 0 unspecified atom stereocenters. The molecule has 2 amide bonds. The van der Waals surface area contributed by atoms with Gasteiger partial charge in [-0.05, 0) is 43.5 Å². The van der Waals surface area contributed by atoms with Gasteiger partial charge in [0.1, 0.15) is 5.75 Å². The molecule has 2 aromatic rings. The van der Waals surface area contributed by atoms with E-state index in [4.69, 9.17) is 4.74 Å². The lowest BCUT2D eigenvalue weighted by Crippen LogP contribution is -2.51. The quantitative estimate of drug-likeness (QED) is 0.724. The van der Waals surface area contributed by atoms with Gasteiger partial charge in [-0.3, -0.25) is 9.59 Å². The van der Waals surface area contributed by atoms with Crippen molar-refractivity contribution >= 4 is 11.8 Å². The van der Waals surface area contributed by atoms with Crippen LogP contribution in [0.4, 0.5) is 0 Å². The molecule has 154 valence electrons. The summed E-state index contributed by atoms with van der Waals surface area (Å²) < 4.78 is 5.44. The number of amides is 2. The molecule has 3 rings (SSSR count). The summed E-state index contributed by atoms with van der Waals surface area (Å²) >= 11 is 0. The van der Waals surface area contributed by atoms with Gasteiger partial charge in [0, 0.05) is 32.6 Å². The standard InChI is InChI=1S/C24H30N2O3/c1-3-29-22-11-8-21(9-12-22)18-24(28)26-16-14-25(15-17-26)23(27)13-10-20-6-4-19(2)5-7-20/h4-9,11-12H,3,10,13-18H2,1-2H3. The van der Waals surface area contributed by atoms with Crippen LogP contribution < -0.4 is 4.74 Å². The van der Waals surface area contributed by atoms with Crippen LogP contribution in [-0.2, 0) is 22.4 Å². The minimum Gasteiger partial charge on any atom is -0.494 e. The molecule has 0 radical (unpaired) electrons. The van der Waals surface area contributed by atoms with Crippen molar-refractivity contribution in [2.45, 2.75) is 33.1 Å². The number of ether oxygens (including phenoxy) is 1. The second kappa shape index (κ2) is 10.1. The average molecular weight is 395 g/mol. The Morgan fingerprint density at radius 1 is 0.828 bits per heavy atom. The summed E-state index contributed by atoms with van der Waals surface area (Å²) in [4.78, 5) is 28.8. The Morgan fingerprint density at radius 3 is 1.97 bits per heavy atom. The molecule has 5 heteroatoms. The molecule has 1 aliphatic heterocycles. The minimum atomic E-state index is 0.112. The van der Waals surface area contributed by atoms with E-state index in [1.54, 1.807) is 0 Å². The zero-order valence-electron chi connectivity index (χ0n) is 17.4. The number of nitrogens with zero attached hydrogens (tertiary/aromatic N) is 2. The first-order valence-corrected chi connectivity index (χ1v) is 10.4. The number of carbonyl (C=O) groups excluding carboxylic acids is 2. The van der Waals surface area contributed by atoms with Crippen molar-refractivity contribution in [3.63, 3.8) is 0 Å². The Balaban J connectivity index is 1.42. The normalized spacial score (nSPS) is 14.0. The number of aryl methyl sites for hydroxylation is 2. The Hall–Kier alpha value is -2.82. The summed E-state index contributed by atoms with van der Waals surface area (Å²) in [5.41, 5.74) is 3.40. The first-order chi connectivity index (χ1) is 14.0. The van der Waals surface area contributed by atoms with E-state index in [0.717, 1.165) is 17.7 Å². The van der Waals surface area contributed by atoms with Gasteiger partial charge in [-0.25, -0.2) is 0 Å². The van der Waals surface area contributed by atoms with Crippen LogP contribution in [0.15, 0.2) is 48.5 Å². The maximum Gasteiger partial charge on any atom is 0.227 e. The summed E-state index contributed by atoms with van der Waals surface area (Å²) in [6, 6.07) is 16.0. The first-order valence-electron chi connectivity index (χ1n) is 10.4. The van der Waals surface area contributed by atoms with Gasteiger partial charge in [-0.1, -0.05) is 42.0 Å². The fraction of sp³-hybridized carbons (Fsp3) is 0.417. The molecule has 1 aliphatic rings. The maximum atomic E-state index is 12.6. The highest BCUT2D eigenvalue weighted by Crippen LogP contribution is 2.14. The molecule has 0 aliphatic carbocycles.